The maximum absolute atomic E-state index is 12.0. The van der Waals surface area contributed by atoms with Crippen molar-refractivity contribution in [3.8, 4) is 0 Å². The number of nitrogens with zero attached hydrogens (tertiary/aromatic N) is 1. The molecule has 1 aromatic rings. The summed E-state index contributed by atoms with van der Waals surface area (Å²) in [4.78, 5) is 14.7. The zero-order valence-corrected chi connectivity index (χ0v) is 10.8. The van der Waals surface area contributed by atoms with Crippen molar-refractivity contribution in [3.05, 3.63) is 21.9 Å². The lowest BCUT2D eigenvalue weighted by Gasteiger charge is -2.28. The third-order valence-electron chi connectivity index (χ3n) is 3.04. The van der Waals surface area contributed by atoms with E-state index in [1.165, 1.54) is 11.3 Å². The molecule has 1 atom stereocenters. The fourth-order valence-electron chi connectivity index (χ4n) is 2.03. The maximum Gasteiger partial charge on any atom is 0.225 e. The zero-order chi connectivity index (χ0) is 12.3. The summed E-state index contributed by atoms with van der Waals surface area (Å²) in [6.07, 6.45) is -0.459. The van der Waals surface area contributed by atoms with Gasteiger partial charge in [-0.1, -0.05) is 0 Å². The number of amides is 1. The van der Waals surface area contributed by atoms with Gasteiger partial charge in [0.15, 0.2) is 0 Å². The molecule has 5 heteroatoms. The van der Waals surface area contributed by atoms with E-state index in [0.29, 0.717) is 0 Å². The molecule has 1 saturated heterocycles. The molecule has 0 bridgehead atoms. The molecule has 17 heavy (non-hydrogen) atoms. The number of carbonyl (C=O) groups is 1. The van der Waals surface area contributed by atoms with Crippen LogP contribution in [0.1, 0.15) is 23.0 Å². The quantitative estimate of drug-likeness (QED) is 0.843. The van der Waals surface area contributed by atoms with Crippen molar-refractivity contribution in [1.29, 1.82) is 0 Å². The van der Waals surface area contributed by atoms with Gasteiger partial charge in [-0.25, -0.2) is 0 Å². The molecule has 2 heterocycles. The first-order valence-electron chi connectivity index (χ1n) is 5.89. The summed E-state index contributed by atoms with van der Waals surface area (Å²) in [6.45, 7) is 5.15. The Kier molecular flexibility index (Phi) is 4.15. The number of nitrogens with one attached hydrogen (secondary N) is 1. The van der Waals surface area contributed by atoms with Gasteiger partial charge in [-0.3, -0.25) is 4.79 Å². The minimum atomic E-state index is -0.655. The minimum Gasteiger partial charge on any atom is -0.387 e. The van der Waals surface area contributed by atoms with E-state index in [1.807, 2.05) is 23.3 Å². The van der Waals surface area contributed by atoms with Crippen molar-refractivity contribution >= 4 is 17.2 Å². The second kappa shape index (κ2) is 5.62. The molecule has 1 unspecified atom stereocenters. The van der Waals surface area contributed by atoms with Crippen molar-refractivity contribution in [2.75, 3.05) is 26.2 Å². The van der Waals surface area contributed by atoms with E-state index < -0.39 is 6.10 Å². The first kappa shape index (κ1) is 12.5. The normalized spacial score (nSPS) is 18.1. The van der Waals surface area contributed by atoms with Crippen LogP contribution in [0.15, 0.2) is 11.4 Å². The third kappa shape index (κ3) is 3.06. The van der Waals surface area contributed by atoms with E-state index in [1.54, 1.807) is 0 Å². The molecule has 0 spiro atoms. The van der Waals surface area contributed by atoms with Gasteiger partial charge in [-0.2, -0.15) is 0 Å². The number of aliphatic hydroxyl groups is 1. The highest BCUT2D eigenvalue weighted by Crippen LogP contribution is 2.26. The molecule has 1 fully saturated rings. The third-order valence-corrected chi connectivity index (χ3v) is 4.16. The molecule has 2 rings (SSSR count). The number of rotatable bonds is 3. The maximum atomic E-state index is 12.0. The van der Waals surface area contributed by atoms with E-state index in [0.717, 1.165) is 36.6 Å². The van der Waals surface area contributed by atoms with E-state index in [9.17, 15) is 9.90 Å². The van der Waals surface area contributed by atoms with Crippen LogP contribution in [-0.4, -0.2) is 42.1 Å². The summed E-state index contributed by atoms with van der Waals surface area (Å²) < 4.78 is 0. The van der Waals surface area contributed by atoms with Gasteiger partial charge >= 0.3 is 0 Å². The Morgan fingerprint density at radius 1 is 1.59 bits per heavy atom. The fourth-order valence-corrected chi connectivity index (χ4v) is 2.94. The molecule has 94 valence electrons. The smallest absolute Gasteiger partial charge is 0.225 e. The second-order valence-corrected chi connectivity index (χ2v) is 5.27. The minimum absolute atomic E-state index is 0.0480. The Bertz CT molecular complexity index is 386. The molecular formula is C12H18N2O2S. The molecule has 1 aromatic heterocycles. The van der Waals surface area contributed by atoms with Gasteiger partial charge in [-0.05, 0) is 23.9 Å². The summed E-state index contributed by atoms with van der Waals surface area (Å²) in [5.74, 6) is 0.0480. The highest BCUT2D eigenvalue weighted by molar-refractivity contribution is 7.10. The largest absolute Gasteiger partial charge is 0.387 e. The van der Waals surface area contributed by atoms with Crippen molar-refractivity contribution in [3.63, 3.8) is 0 Å². The monoisotopic (exact) mass is 254 g/mol. The van der Waals surface area contributed by atoms with Gasteiger partial charge in [0.25, 0.3) is 0 Å². The zero-order valence-electron chi connectivity index (χ0n) is 9.98. The molecule has 0 aliphatic carbocycles. The number of piperazine rings is 1. The number of aliphatic hydroxyl groups excluding tert-OH is 1. The second-order valence-electron chi connectivity index (χ2n) is 4.32. The van der Waals surface area contributed by atoms with Gasteiger partial charge in [-0.15, -0.1) is 11.3 Å². The van der Waals surface area contributed by atoms with Crippen LogP contribution >= 0.6 is 11.3 Å². The average Bonchev–Trinajstić information content (AvgIpc) is 2.76. The van der Waals surface area contributed by atoms with Crippen LogP contribution in [0.2, 0.25) is 0 Å². The predicted molar refractivity (Wildman–Crippen MR) is 68.1 cm³/mol. The highest BCUT2D eigenvalue weighted by Gasteiger charge is 2.21. The van der Waals surface area contributed by atoms with Crippen molar-refractivity contribution in [2.45, 2.75) is 19.4 Å². The summed E-state index contributed by atoms with van der Waals surface area (Å²) in [5.41, 5.74) is 1.07. The Labute approximate surface area is 105 Å². The molecule has 4 nitrogen and oxygen atoms in total. The van der Waals surface area contributed by atoms with Crippen LogP contribution in [-0.2, 0) is 4.79 Å². The van der Waals surface area contributed by atoms with Crippen molar-refractivity contribution < 1.29 is 9.90 Å². The van der Waals surface area contributed by atoms with Crippen LogP contribution in [0.3, 0.4) is 0 Å². The SMILES string of the molecule is Cc1ccsc1C(O)CC(=O)N1CCNCC1. The van der Waals surface area contributed by atoms with E-state index in [-0.39, 0.29) is 12.3 Å². The van der Waals surface area contributed by atoms with E-state index in [4.69, 9.17) is 0 Å². The predicted octanol–water partition coefficient (Wildman–Crippen LogP) is 0.912. The van der Waals surface area contributed by atoms with Crippen LogP contribution in [0.5, 0.6) is 0 Å². The number of aryl methyl sites for hydroxylation is 1. The number of hydrogen-bond acceptors (Lipinski definition) is 4. The fraction of sp³-hybridized carbons (Fsp3) is 0.583. The Balaban J connectivity index is 1.92. The summed E-state index contributed by atoms with van der Waals surface area (Å²) in [5, 5.41) is 15.2. The lowest BCUT2D eigenvalue weighted by molar-refractivity contribution is -0.133. The first-order chi connectivity index (χ1) is 8.18. The van der Waals surface area contributed by atoms with Gasteiger partial charge < -0.3 is 15.3 Å². The Morgan fingerprint density at radius 3 is 2.88 bits per heavy atom. The number of carbonyl (C=O) groups excluding carboxylic acids is 1. The number of thiophene rings is 1. The van der Waals surface area contributed by atoms with Crippen LogP contribution in [0.25, 0.3) is 0 Å². The van der Waals surface area contributed by atoms with Crippen molar-refractivity contribution in [1.82, 2.24) is 10.2 Å². The standard InChI is InChI=1S/C12H18N2O2S/c1-9-2-7-17-12(9)10(15)8-11(16)14-5-3-13-4-6-14/h2,7,10,13,15H,3-6,8H2,1H3. The average molecular weight is 254 g/mol. The van der Waals surface area contributed by atoms with Crippen LogP contribution in [0, 0.1) is 6.92 Å². The topological polar surface area (TPSA) is 52.6 Å². The van der Waals surface area contributed by atoms with E-state index >= 15 is 0 Å². The number of hydrogen-bond donors (Lipinski definition) is 2. The Hall–Kier alpha value is -0.910. The molecule has 1 amide bonds. The molecule has 0 saturated carbocycles. The van der Waals surface area contributed by atoms with E-state index in [2.05, 4.69) is 5.32 Å². The molecular weight excluding hydrogens is 236 g/mol. The molecule has 0 radical (unpaired) electrons. The summed E-state index contributed by atoms with van der Waals surface area (Å²) in [7, 11) is 0. The molecule has 2 N–H and O–H groups in total. The van der Waals surface area contributed by atoms with Crippen LogP contribution in [0.4, 0.5) is 0 Å². The Morgan fingerprint density at radius 2 is 2.29 bits per heavy atom. The molecule has 1 aliphatic rings. The molecule has 1 aliphatic heterocycles. The lowest BCUT2D eigenvalue weighted by Crippen LogP contribution is -2.46. The van der Waals surface area contributed by atoms with Gasteiger partial charge in [0, 0.05) is 31.1 Å². The van der Waals surface area contributed by atoms with Gasteiger partial charge in [0.05, 0.1) is 12.5 Å². The summed E-state index contributed by atoms with van der Waals surface area (Å²) in [6, 6.07) is 1.97. The first-order valence-corrected chi connectivity index (χ1v) is 6.77. The van der Waals surface area contributed by atoms with Crippen molar-refractivity contribution in [2.24, 2.45) is 0 Å². The lowest BCUT2D eigenvalue weighted by atomic mass is 10.1. The van der Waals surface area contributed by atoms with Crippen LogP contribution < -0.4 is 5.32 Å². The van der Waals surface area contributed by atoms with Gasteiger partial charge in [0.1, 0.15) is 0 Å². The highest BCUT2D eigenvalue weighted by atomic mass is 32.1. The summed E-state index contributed by atoms with van der Waals surface area (Å²) >= 11 is 1.51. The van der Waals surface area contributed by atoms with Gasteiger partial charge in [0.2, 0.25) is 5.91 Å². The molecule has 0 aromatic carbocycles.